The van der Waals surface area contributed by atoms with E-state index in [0.29, 0.717) is 23.5 Å². The topological polar surface area (TPSA) is 113 Å². The third-order valence-electron chi connectivity index (χ3n) is 4.56. The van der Waals surface area contributed by atoms with Crippen LogP contribution in [0.15, 0.2) is 53.4 Å². The van der Waals surface area contributed by atoms with Crippen LogP contribution < -0.4 is 14.4 Å². The lowest BCUT2D eigenvalue weighted by atomic mass is 10.1. The summed E-state index contributed by atoms with van der Waals surface area (Å²) in [7, 11) is -4.06. The van der Waals surface area contributed by atoms with Crippen molar-refractivity contribution in [3.05, 3.63) is 54.1 Å². The van der Waals surface area contributed by atoms with Crippen molar-refractivity contribution in [1.82, 2.24) is 4.72 Å². The summed E-state index contributed by atoms with van der Waals surface area (Å²) in [6, 6.07) is 11.8. The van der Waals surface area contributed by atoms with Crippen molar-refractivity contribution in [1.29, 1.82) is 0 Å². The first-order valence-corrected chi connectivity index (χ1v) is 10.5. The zero-order chi connectivity index (χ0) is 21.2. The molecule has 0 saturated carbocycles. The molecule has 2 atom stereocenters. The number of sulfonamides is 1. The van der Waals surface area contributed by atoms with Crippen molar-refractivity contribution in [2.45, 2.75) is 37.3 Å². The molecule has 2 aromatic rings. The quantitative estimate of drug-likeness (QED) is 0.744. The second kappa shape index (κ2) is 8.22. The Bertz CT molecular complexity index is 1020. The lowest BCUT2D eigenvalue weighted by Gasteiger charge is -2.33. The maximum Gasteiger partial charge on any atom is 0.305 e. The highest BCUT2D eigenvalue weighted by Gasteiger charge is 2.29. The summed E-state index contributed by atoms with van der Waals surface area (Å²) in [6.45, 7) is 3.53. The Kier molecular flexibility index (Phi) is 5.90. The standard InChI is InChI=1S/C20H22N2O6S/c1-13-12-22(14(2)23)18-10-16(8-9-19(18)28-13)29(26,27)21-17(11-20(24)25)15-6-4-3-5-7-15/h3-10,13,17,21H,11-12H2,1-2H3,(H,24,25)/t13-,17+/m1/s1. The molecule has 2 aromatic carbocycles. The number of carboxylic acid groups (broad SMARTS) is 1. The Balaban J connectivity index is 1.95. The predicted octanol–water partition coefficient (Wildman–Crippen LogP) is 2.31. The number of aliphatic carboxylic acids is 1. The maximum atomic E-state index is 13.0. The van der Waals surface area contributed by atoms with Gasteiger partial charge in [0, 0.05) is 6.92 Å². The SMILES string of the molecule is CC(=O)N1C[C@@H](C)Oc2ccc(S(=O)(=O)N[C@@H](CC(=O)O)c3ccccc3)cc21. The van der Waals surface area contributed by atoms with Gasteiger partial charge in [0.1, 0.15) is 11.9 Å². The smallest absolute Gasteiger partial charge is 0.305 e. The van der Waals surface area contributed by atoms with Gasteiger partial charge in [0.2, 0.25) is 15.9 Å². The molecule has 8 nitrogen and oxygen atoms in total. The van der Waals surface area contributed by atoms with E-state index in [1.807, 2.05) is 6.92 Å². The van der Waals surface area contributed by atoms with Crippen molar-refractivity contribution >= 4 is 27.6 Å². The number of ether oxygens (including phenoxy) is 1. The molecule has 29 heavy (non-hydrogen) atoms. The number of amides is 1. The zero-order valence-corrected chi connectivity index (χ0v) is 16.8. The van der Waals surface area contributed by atoms with Gasteiger partial charge in [-0.05, 0) is 30.7 Å². The third-order valence-corrected chi connectivity index (χ3v) is 6.03. The molecular formula is C20H22N2O6S. The highest BCUT2D eigenvalue weighted by molar-refractivity contribution is 7.89. The molecule has 2 N–H and O–H groups in total. The number of benzene rings is 2. The molecule has 0 spiro atoms. The normalized spacial score (nSPS) is 17.2. The van der Waals surface area contributed by atoms with E-state index in [4.69, 9.17) is 4.74 Å². The molecule has 1 aliphatic heterocycles. The highest BCUT2D eigenvalue weighted by atomic mass is 32.2. The van der Waals surface area contributed by atoms with E-state index in [1.165, 1.54) is 30.0 Å². The monoisotopic (exact) mass is 418 g/mol. The van der Waals surface area contributed by atoms with Crippen LogP contribution in [0.4, 0.5) is 5.69 Å². The maximum absolute atomic E-state index is 13.0. The summed E-state index contributed by atoms with van der Waals surface area (Å²) < 4.78 is 34.1. The molecule has 154 valence electrons. The van der Waals surface area contributed by atoms with Gasteiger partial charge in [-0.25, -0.2) is 13.1 Å². The summed E-state index contributed by atoms with van der Waals surface area (Å²) in [4.78, 5) is 24.6. The lowest BCUT2D eigenvalue weighted by Crippen LogP contribution is -2.41. The molecule has 1 heterocycles. The second-order valence-electron chi connectivity index (χ2n) is 6.87. The van der Waals surface area contributed by atoms with Gasteiger partial charge in [-0.1, -0.05) is 30.3 Å². The molecule has 0 aliphatic carbocycles. The molecule has 0 aromatic heterocycles. The van der Waals surface area contributed by atoms with Crippen molar-refractivity contribution in [2.24, 2.45) is 0 Å². The van der Waals surface area contributed by atoms with Gasteiger partial charge in [-0.15, -0.1) is 0 Å². The minimum atomic E-state index is -4.06. The van der Waals surface area contributed by atoms with Gasteiger partial charge in [0.15, 0.2) is 0 Å². The molecule has 0 fully saturated rings. The Hall–Kier alpha value is -2.91. The van der Waals surface area contributed by atoms with E-state index >= 15 is 0 Å². The molecule has 0 unspecified atom stereocenters. The van der Waals surface area contributed by atoms with E-state index in [-0.39, 0.29) is 16.9 Å². The van der Waals surface area contributed by atoms with Crippen LogP contribution in [0.2, 0.25) is 0 Å². The minimum Gasteiger partial charge on any atom is -0.487 e. The number of carbonyl (C=O) groups is 2. The molecule has 0 radical (unpaired) electrons. The summed E-state index contributed by atoms with van der Waals surface area (Å²) in [5, 5.41) is 9.20. The van der Waals surface area contributed by atoms with Gasteiger partial charge >= 0.3 is 5.97 Å². The fraction of sp³-hybridized carbons (Fsp3) is 0.300. The number of nitrogens with one attached hydrogen (secondary N) is 1. The third kappa shape index (κ3) is 4.75. The van der Waals surface area contributed by atoms with Crippen LogP contribution in [0.5, 0.6) is 5.75 Å². The van der Waals surface area contributed by atoms with Crippen LogP contribution in [-0.2, 0) is 19.6 Å². The molecule has 9 heteroatoms. The minimum absolute atomic E-state index is 0.0769. The average molecular weight is 418 g/mol. The molecule has 1 aliphatic rings. The van der Waals surface area contributed by atoms with Crippen LogP contribution >= 0.6 is 0 Å². The van der Waals surface area contributed by atoms with Gasteiger partial charge in [-0.3, -0.25) is 9.59 Å². The number of anilines is 1. The van der Waals surface area contributed by atoms with Gasteiger partial charge in [-0.2, -0.15) is 0 Å². The first-order chi connectivity index (χ1) is 13.7. The number of rotatable bonds is 6. The first-order valence-electron chi connectivity index (χ1n) is 9.05. The van der Waals surface area contributed by atoms with E-state index in [1.54, 1.807) is 30.3 Å². The van der Waals surface area contributed by atoms with Crippen LogP contribution in [0.25, 0.3) is 0 Å². The number of nitrogens with zero attached hydrogens (tertiary/aromatic N) is 1. The molecular weight excluding hydrogens is 396 g/mol. The van der Waals surface area contributed by atoms with Gasteiger partial charge in [0.05, 0.1) is 29.6 Å². The summed E-state index contributed by atoms with van der Waals surface area (Å²) in [5.74, 6) is -0.933. The van der Waals surface area contributed by atoms with Crippen molar-refractivity contribution < 1.29 is 27.9 Å². The predicted molar refractivity (Wildman–Crippen MR) is 106 cm³/mol. The van der Waals surface area contributed by atoms with E-state index < -0.39 is 28.5 Å². The molecule has 0 bridgehead atoms. The molecule has 3 rings (SSSR count). The van der Waals surface area contributed by atoms with Crippen LogP contribution in [0, 0.1) is 0 Å². The summed E-state index contributed by atoms with van der Waals surface area (Å²) in [5.41, 5.74) is 0.909. The van der Waals surface area contributed by atoms with Gasteiger partial charge < -0.3 is 14.7 Å². The number of carboxylic acids is 1. The average Bonchev–Trinajstić information content (AvgIpc) is 2.66. The fourth-order valence-corrected chi connectivity index (χ4v) is 4.47. The lowest BCUT2D eigenvalue weighted by molar-refractivity contribution is -0.137. The number of hydrogen-bond donors (Lipinski definition) is 2. The summed E-state index contributed by atoms with van der Waals surface area (Å²) in [6.07, 6.45) is -0.626. The van der Waals surface area contributed by atoms with Crippen LogP contribution in [0.1, 0.15) is 31.9 Å². The Morgan fingerprint density at radius 2 is 1.93 bits per heavy atom. The second-order valence-corrected chi connectivity index (χ2v) is 8.58. The number of hydrogen-bond acceptors (Lipinski definition) is 5. The summed E-state index contributed by atoms with van der Waals surface area (Å²) >= 11 is 0. The number of carbonyl (C=O) groups excluding carboxylic acids is 1. The fourth-order valence-electron chi connectivity index (χ4n) is 3.23. The van der Waals surface area contributed by atoms with Crippen molar-refractivity contribution in [2.75, 3.05) is 11.4 Å². The highest BCUT2D eigenvalue weighted by Crippen LogP contribution is 2.36. The Morgan fingerprint density at radius 3 is 2.55 bits per heavy atom. The van der Waals surface area contributed by atoms with Crippen molar-refractivity contribution in [3.63, 3.8) is 0 Å². The Labute approximate surface area is 169 Å². The first kappa shape index (κ1) is 20.8. The van der Waals surface area contributed by atoms with Crippen molar-refractivity contribution in [3.8, 4) is 5.75 Å². The largest absolute Gasteiger partial charge is 0.487 e. The molecule has 0 saturated heterocycles. The van der Waals surface area contributed by atoms with E-state index in [0.717, 1.165) is 0 Å². The van der Waals surface area contributed by atoms with Crippen LogP contribution in [0.3, 0.4) is 0 Å². The molecule has 1 amide bonds. The van der Waals surface area contributed by atoms with Gasteiger partial charge in [0.25, 0.3) is 0 Å². The van der Waals surface area contributed by atoms with Crippen LogP contribution in [-0.4, -0.2) is 38.0 Å². The Morgan fingerprint density at radius 1 is 1.24 bits per heavy atom. The van der Waals surface area contributed by atoms with E-state index in [2.05, 4.69) is 4.72 Å². The zero-order valence-electron chi connectivity index (χ0n) is 16.0. The van der Waals surface area contributed by atoms with E-state index in [9.17, 15) is 23.1 Å². The number of fused-ring (bicyclic) bond motifs is 1.